The Bertz CT molecular complexity index is 1280. The molecule has 1 aromatic rings. The Kier molecular flexibility index (Phi) is 21.4. The fourth-order valence-electron chi connectivity index (χ4n) is 5.97. The highest BCUT2D eigenvalue weighted by Gasteiger charge is 2.44. The number of nitrogens with two attached hydrogens (primary N) is 1. The standard InChI is InChI=1S/C42H76O5Si2.CH3NO2/c1-19-20-21-31(3)38(43)35(7)40(47-49(17,18)42(11,12)13)33(5)27-30(2)26-32(4)39(46-48(15,16)41(8,9)10)34(6)28-45-29-36-22-24-37(44-14)25-23-36;2-1(3)4/h19-26,31-35,38-40,43H,1,27-29H2,2-18H3;2H2,(H,3,4)/t31-,32-,33-,34-,35+,38-,39+,40+;/m0./s1. The van der Waals surface area contributed by atoms with Crippen molar-refractivity contribution in [1.82, 2.24) is 0 Å². The normalized spacial score (nSPS) is 17.8. The number of hydrogen-bond donors (Lipinski definition) is 3. The van der Waals surface area contributed by atoms with Crippen molar-refractivity contribution < 1.29 is 33.3 Å². The van der Waals surface area contributed by atoms with Gasteiger partial charge in [0.25, 0.3) is 0 Å². The highest BCUT2D eigenvalue weighted by molar-refractivity contribution is 6.74. The number of ether oxygens (including phenoxy) is 2. The molecule has 0 spiro atoms. The summed E-state index contributed by atoms with van der Waals surface area (Å²) >= 11 is 0. The van der Waals surface area contributed by atoms with Crippen molar-refractivity contribution >= 4 is 22.7 Å². The zero-order chi connectivity index (χ0) is 41.5. The van der Waals surface area contributed by atoms with Crippen molar-refractivity contribution in [3.8, 4) is 5.75 Å². The van der Waals surface area contributed by atoms with Crippen molar-refractivity contribution in [2.75, 3.05) is 13.7 Å². The minimum absolute atomic E-state index is 0.00375. The van der Waals surface area contributed by atoms with Crippen LogP contribution in [0.25, 0.3) is 0 Å². The van der Waals surface area contributed by atoms with Gasteiger partial charge in [0.1, 0.15) is 5.75 Å². The summed E-state index contributed by atoms with van der Waals surface area (Å²) in [6.45, 7) is 41.4. The van der Waals surface area contributed by atoms with Crippen LogP contribution >= 0.6 is 0 Å². The molecule has 0 radical (unpaired) electrons. The van der Waals surface area contributed by atoms with E-state index in [1.54, 1.807) is 13.2 Å². The largest absolute Gasteiger partial charge is 0.497 e. The number of benzene rings is 1. The molecule has 53 heavy (non-hydrogen) atoms. The van der Waals surface area contributed by atoms with Crippen LogP contribution in [0, 0.1) is 29.6 Å². The summed E-state index contributed by atoms with van der Waals surface area (Å²) in [7, 11) is -2.47. The molecular formula is C43H79NO7Si2. The van der Waals surface area contributed by atoms with E-state index in [0.717, 1.165) is 17.7 Å². The van der Waals surface area contributed by atoms with Crippen LogP contribution in [0.4, 0.5) is 4.79 Å². The lowest BCUT2D eigenvalue weighted by molar-refractivity contribution is -0.0134. The number of amides is 1. The first-order chi connectivity index (χ1) is 24.1. The topological polar surface area (TPSA) is 120 Å². The van der Waals surface area contributed by atoms with E-state index in [4.69, 9.17) is 28.2 Å². The molecule has 306 valence electrons. The van der Waals surface area contributed by atoms with Crippen LogP contribution < -0.4 is 10.5 Å². The van der Waals surface area contributed by atoms with E-state index in [-0.39, 0.29) is 51.9 Å². The number of primary amides is 1. The average Bonchev–Trinajstić information content (AvgIpc) is 3.03. The molecule has 0 saturated carbocycles. The van der Waals surface area contributed by atoms with Gasteiger partial charge >= 0.3 is 6.09 Å². The number of aliphatic hydroxyl groups excluding tert-OH is 1. The fourth-order valence-corrected chi connectivity index (χ4v) is 8.93. The quantitative estimate of drug-likeness (QED) is 0.0685. The number of allylic oxidation sites excluding steroid dienone is 3. The maximum Gasteiger partial charge on any atom is 0.402 e. The SMILES string of the molecule is C=CC=C[C@H](C)[C@H](O)[C@@H](C)[C@H](O[Si](C)(C)C(C)(C)C)[C@@H](C)CC(C)=C[C@H](C)[C@@H](O[Si](C)(C)C(C)(C)C)[C@@H](C)COCc1ccc(OC)cc1.NC(=O)O. The van der Waals surface area contributed by atoms with Crippen molar-refractivity contribution in [1.29, 1.82) is 0 Å². The minimum Gasteiger partial charge on any atom is -0.497 e. The molecule has 0 heterocycles. The molecule has 4 N–H and O–H groups in total. The lowest BCUT2D eigenvalue weighted by atomic mass is 9.81. The van der Waals surface area contributed by atoms with Gasteiger partial charge in [0.15, 0.2) is 16.6 Å². The first-order valence-electron chi connectivity index (χ1n) is 19.3. The number of carboxylic acid groups (broad SMARTS) is 1. The summed E-state index contributed by atoms with van der Waals surface area (Å²) in [5.74, 6) is 1.46. The predicted octanol–water partition coefficient (Wildman–Crippen LogP) is 11.2. The fraction of sp³-hybridized carbons (Fsp3) is 0.698. The molecule has 1 rings (SSSR count). The summed E-state index contributed by atoms with van der Waals surface area (Å²) in [5, 5.41) is 18.9. The van der Waals surface area contributed by atoms with Crippen LogP contribution in [0.3, 0.4) is 0 Å². The molecule has 0 aliphatic rings. The second kappa shape index (κ2) is 22.4. The molecule has 0 saturated heterocycles. The molecule has 1 aromatic carbocycles. The van der Waals surface area contributed by atoms with Gasteiger partial charge in [-0.25, -0.2) is 4.79 Å². The maximum atomic E-state index is 11.5. The zero-order valence-corrected chi connectivity index (χ0v) is 38.6. The van der Waals surface area contributed by atoms with Gasteiger partial charge < -0.3 is 34.3 Å². The molecular weight excluding hydrogens is 699 g/mol. The summed E-state index contributed by atoms with van der Waals surface area (Å²) in [5.41, 5.74) is 6.49. The Morgan fingerprint density at radius 1 is 0.868 bits per heavy atom. The third-order valence-corrected chi connectivity index (χ3v) is 20.2. The van der Waals surface area contributed by atoms with Gasteiger partial charge in [-0.15, -0.1) is 0 Å². The van der Waals surface area contributed by atoms with E-state index in [2.05, 4.69) is 140 Å². The van der Waals surface area contributed by atoms with Crippen LogP contribution in [-0.2, 0) is 20.2 Å². The van der Waals surface area contributed by atoms with Gasteiger partial charge in [0, 0.05) is 17.8 Å². The average molecular weight is 778 g/mol. The van der Waals surface area contributed by atoms with Gasteiger partial charge in [0.05, 0.1) is 38.6 Å². The smallest absolute Gasteiger partial charge is 0.402 e. The van der Waals surface area contributed by atoms with E-state index in [9.17, 15) is 5.11 Å². The Labute approximate surface area is 326 Å². The first kappa shape index (κ1) is 50.8. The number of methoxy groups -OCH3 is 1. The van der Waals surface area contributed by atoms with Gasteiger partial charge in [0.2, 0.25) is 0 Å². The summed E-state index contributed by atoms with van der Waals surface area (Å²) in [6.07, 6.45) is 7.16. The van der Waals surface area contributed by atoms with Gasteiger partial charge in [-0.3, -0.25) is 0 Å². The first-order valence-corrected chi connectivity index (χ1v) is 25.1. The number of rotatable bonds is 20. The number of aliphatic hydroxyl groups is 1. The Morgan fingerprint density at radius 2 is 1.34 bits per heavy atom. The molecule has 8 nitrogen and oxygen atoms in total. The van der Waals surface area contributed by atoms with E-state index in [1.807, 2.05) is 24.3 Å². The van der Waals surface area contributed by atoms with Gasteiger partial charge in [-0.1, -0.05) is 125 Å². The summed E-state index contributed by atoms with van der Waals surface area (Å²) in [6, 6.07) is 8.07. The van der Waals surface area contributed by atoms with Crippen LogP contribution in [0.5, 0.6) is 5.75 Å². The third-order valence-electron chi connectivity index (χ3n) is 11.3. The molecule has 0 bridgehead atoms. The molecule has 1 amide bonds. The number of carbonyl (C=O) groups is 1. The van der Waals surface area contributed by atoms with Gasteiger partial charge in [-0.05, 0) is 79.1 Å². The van der Waals surface area contributed by atoms with E-state index in [0.29, 0.717) is 13.2 Å². The van der Waals surface area contributed by atoms with Crippen LogP contribution in [-0.4, -0.2) is 65.0 Å². The lowest BCUT2D eigenvalue weighted by Gasteiger charge is -2.44. The van der Waals surface area contributed by atoms with Crippen LogP contribution in [0.1, 0.15) is 95.1 Å². The predicted molar refractivity (Wildman–Crippen MR) is 229 cm³/mol. The van der Waals surface area contributed by atoms with Crippen molar-refractivity contribution in [3.05, 3.63) is 66.3 Å². The Hall–Kier alpha value is -2.22. The third kappa shape index (κ3) is 17.9. The van der Waals surface area contributed by atoms with Gasteiger partial charge in [-0.2, -0.15) is 0 Å². The van der Waals surface area contributed by atoms with Crippen molar-refractivity contribution in [3.63, 3.8) is 0 Å². The number of hydrogen-bond acceptors (Lipinski definition) is 6. The summed E-state index contributed by atoms with van der Waals surface area (Å²) in [4.78, 5) is 8.78. The lowest BCUT2D eigenvalue weighted by Crippen LogP contribution is -2.49. The van der Waals surface area contributed by atoms with Crippen molar-refractivity contribution in [2.24, 2.45) is 35.3 Å². The molecule has 0 unspecified atom stereocenters. The molecule has 0 fully saturated rings. The minimum atomic E-state index is -2.10. The second-order valence-corrected chi connectivity index (χ2v) is 27.8. The molecule has 10 heteroatoms. The zero-order valence-electron chi connectivity index (χ0n) is 36.6. The monoisotopic (exact) mass is 778 g/mol. The molecule has 8 atom stereocenters. The van der Waals surface area contributed by atoms with Crippen LogP contribution in [0.15, 0.2) is 60.7 Å². The highest BCUT2D eigenvalue weighted by Crippen LogP contribution is 2.42. The second-order valence-electron chi connectivity index (χ2n) is 18.2. The maximum absolute atomic E-state index is 11.5. The molecule has 0 aliphatic carbocycles. The molecule has 0 aliphatic heterocycles. The van der Waals surface area contributed by atoms with E-state index < -0.39 is 28.8 Å². The Morgan fingerprint density at radius 3 is 1.77 bits per heavy atom. The van der Waals surface area contributed by atoms with Crippen molar-refractivity contribution in [2.45, 2.75) is 151 Å². The Balaban J connectivity index is 0.00000640. The highest BCUT2D eigenvalue weighted by atomic mass is 28.4. The van der Waals surface area contributed by atoms with E-state index in [1.165, 1.54) is 5.57 Å². The summed E-state index contributed by atoms with van der Waals surface area (Å²) < 4.78 is 25.9. The van der Waals surface area contributed by atoms with E-state index >= 15 is 0 Å². The van der Waals surface area contributed by atoms with Crippen LogP contribution in [0.2, 0.25) is 36.3 Å². The molecule has 0 aromatic heterocycles.